The van der Waals surface area contributed by atoms with Gasteiger partial charge in [-0.2, -0.15) is 0 Å². The number of carbonyl (C=O) groups excluding carboxylic acids is 3. The molecule has 7 nitrogen and oxygen atoms in total. The van der Waals surface area contributed by atoms with Crippen LogP contribution in [0, 0.1) is 5.92 Å². The summed E-state index contributed by atoms with van der Waals surface area (Å²) in [7, 11) is 3.49. The summed E-state index contributed by atoms with van der Waals surface area (Å²) in [5.41, 5.74) is 3.17. The van der Waals surface area contributed by atoms with Crippen molar-refractivity contribution < 1.29 is 14.4 Å². The monoisotopic (exact) mass is 410 g/mol. The molecule has 0 saturated carbocycles. The molecule has 30 heavy (non-hydrogen) atoms. The van der Waals surface area contributed by atoms with E-state index in [-0.39, 0.29) is 30.2 Å². The average Bonchev–Trinajstić information content (AvgIpc) is 2.71. The number of amides is 3. The van der Waals surface area contributed by atoms with Gasteiger partial charge in [0.1, 0.15) is 0 Å². The summed E-state index contributed by atoms with van der Waals surface area (Å²) in [6.07, 6.45) is 1.12. The van der Waals surface area contributed by atoms with Crippen molar-refractivity contribution in [3.8, 4) is 0 Å². The summed E-state index contributed by atoms with van der Waals surface area (Å²) in [4.78, 5) is 37.3. The molecule has 0 radical (unpaired) electrons. The minimum Gasteiger partial charge on any atom is -0.376 e. The van der Waals surface area contributed by atoms with Crippen LogP contribution in [0.25, 0.3) is 0 Å². The predicted molar refractivity (Wildman–Crippen MR) is 120 cm³/mol. The molecule has 0 aliphatic rings. The fourth-order valence-electron chi connectivity index (χ4n) is 2.61. The standard InChI is InChI=1S/C23H30N4O3/c1-16(2)23(30)26-20-7-5-6-19(14-20)24-15-21(28)25-18-11-8-17(9-12-18)10-13-22(29)27(3)4/h5-9,11-12,14,16,24H,10,13,15H2,1-4H3,(H,25,28)(H,26,30). The second kappa shape index (κ2) is 11.0. The highest BCUT2D eigenvalue weighted by atomic mass is 16.2. The Hall–Kier alpha value is -3.35. The van der Waals surface area contributed by atoms with Crippen LogP contribution < -0.4 is 16.0 Å². The van der Waals surface area contributed by atoms with Crippen LogP contribution in [0.1, 0.15) is 25.8 Å². The lowest BCUT2D eigenvalue weighted by atomic mass is 10.1. The van der Waals surface area contributed by atoms with Crippen LogP contribution in [0.5, 0.6) is 0 Å². The summed E-state index contributed by atoms with van der Waals surface area (Å²) in [5, 5.41) is 8.73. The van der Waals surface area contributed by atoms with E-state index in [2.05, 4.69) is 16.0 Å². The molecule has 3 amide bonds. The number of hydrogen-bond acceptors (Lipinski definition) is 4. The maximum absolute atomic E-state index is 12.2. The van der Waals surface area contributed by atoms with Crippen LogP contribution in [-0.2, 0) is 20.8 Å². The van der Waals surface area contributed by atoms with E-state index in [4.69, 9.17) is 0 Å². The Morgan fingerprint density at radius 3 is 2.20 bits per heavy atom. The normalized spacial score (nSPS) is 10.4. The van der Waals surface area contributed by atoms with E-state index in [1.54, 1.807) is 31.1 Å². The van der Waals surface area contributed by atoms with Crippen molar-refractivity contribution in [2.75, 3.05) is 36.6 Å². The molecule has 0 aliphatic heterocycles. The van der Waals surface area contributed by atoms with Crippen molar-refractivity contribution in [2.45, 2.75) is 26.7 Å². The van der Waals surface area contributed by atoms with Gasteiger partial charge in [-0.05, 0) is 42.3 Å². The molecule has 2 aromatic rings. The molecule has 0 fully saturated rings. The van der Waals surface area contributed by atoms with E-state index < -0.39 is 0 Å². The Morgan fingerprint density at radius 2 is 1.57 bits per heavy atom. The van der Waals surface area contributed by atoms with Crippen molar-refractivity contribution in [3.05, 3.63) is 54.1 Å². The molecule has 0 saturated heterocycles. The molecular formula is C23H30N4O3. The van der Waals surface area contributed by atoms with Gasteiger partial charge in [-0.3, -0.25) is 14.4 Å². The van der Waals surface area contributed by atoms with Gasteiger partial charge in [0, 0.05) is 43.5 Å². The number of nitrogens with one attached hydrogen (secondary N) is 3. The first-order valence-electron chi connectivity index (χ1n) is 9.98. The van der Waals surface area contributed by atoms with Crippen molar-refractivity contribution in [2.24, 2.45) is 5.92 Å². The number of anilines is 3. The summed E-state index contributed by atoms with van der Waals surface area (Å²) in [6, 6.07) is 14.7. The van der Waals surface area contributed by atoms with Gasteiger partial charge in [-0.25, -0.2) is 0 Å². The molecule has 2 rings (SSSR count). The molecule has 160 valence electrons. The first kappa shape index (κ1) is 22.9. The second-order valence-electron chi connectivity index (χ2n) is 7.61. The first-order chi connectivity index (χ1) is 14.2. The van der Waals surface area contributed by atoms with Crippen molar-refractivity contribution >= 4 is 34.8 Å². The maximum atomic E-state index is 12.2. The molecule has 7 heteroatoms. The summed E-state index contributed by atoms with van der Waals surface area (Å²) < 4.78 is 0. The van der Waals surface area contributed by atoms with Crippen molar-refractivity contribution in [1.82, 2.24) is 4.90 Å². The predicted octanol–water partition coefficient (Wildman–Crippen LogP) is 3.35. The SMILES string of the molecule is CC(C)C(=O)Nc1cccc(NCC(=O)Nc2ccc(CCC(=O)N(C)C)cc2)c1. The van der Waals surface area contributed by atoms with Crippen LogP contribution in [0.15, 0.2) is 48.5 Å². The Morgan fingerprint density at radius 1 is 0.900 bits per heavy atom. The lowest BCUT2D eigenvalue weighted by Crippen LogP contribution is -2.22. The summed E-state index contributed by atoms with van der Waals surface area (Å²) in [5.74, 6) is -0.250. The van der Waals surface area contributed by atoms with Gasteiger partial charge in [-0.15, -0.1) is 0 Å². The molecule has 0 aromatic heterocycles. The van der Waals surface area contributed by atoms with Gasteiger partial charge in [0.15, 0.2) is 0 Å². The van der Waals surface area contributed by atoms with Gasteiger partial charge in [0.05, 0.1) is 6.54 Å². The van der Waals surface area contributed by atoms with Crippen LogP contribution in [0.3, 0.4) is 0 Å². The Labute approximate surface area is 177 Å². The molecule has 0 heterocycles. The smallest absolute Gasteiger partial charge is 0.243 e. The van der Waals surface area contributed by atoms with E-state index in [9.17, 15) is 14.4 Å². The van der Waals surface area contributed by atoms with Crippen LogP contribution >= 0.6 is 0 Å². The number of nitrogens with zero attached hydrogens (tertiary/aromatic N) is 1. The highest BCUT2D eigenvalue weighted by Gasteiger charge is 2.08. The number of carbonyl (C=O) groups is 3. The maximum Gasteiger partial charge on any atom is 0.243 e. The largest absolute Gasteiger partial charge is 0.376 e. The van der Waals surface area contributed by atoms with Crippen molar-refractivity contribution in [3.63, 3.8) is 0 Å². The van der Waals surface area contributed by atoms with E-state index >= 15 is 0 Å². The van der Waals surface area contributed by atoms with Crippen LogP contribution in [0.2, 0.25) is 0 Å². The number of hydrogen-bond donors (Lipinski definition) is 3. The zero-order chi connectivity index (χ0) is 22.1. The lowest BCUT2D eigenvalue weighted by molar-refractivity contribution is -0.128. The fourth-order valence-corrected chi connectivity index (χ4v) is 2.61. The lowest BCUT2D eigenvalue weighted by Gasteiger charge is -2.12. The molecule has 3 N–H and O–H groups in total. The minimum atomic E-state index is -0.179. The molecule has 0 bridgehead atoms. The van der Waals surface area contributed by atoms with Gasteiger partial charge >= 0.3 is 0 Å². The molecule has 0 atom stereocenters. The molecule has 0 spiro atoms. The van der Waals surface area contributed by atoms with Gasteiger partial charge in [0.2, 0.25) is 17.7 Å². The summed E-state index contributed by atoms with van der Waals surface area (Å²) >= 11 is 0. The summed E-state index contributed by atoms with van der Waals surface area (Å²) in [6.45, 7) is 3.76. The zero-order valence-corrected chi connectivity index (χ0v) is 18.0. The minimum absolute atomic E-state index is 0.0561. The van der Waals surface area contributed by atoms with Crippen LogP contribution in [0.4, 0.5) is 17.1 Å². The average molecular weight is 411 g/mol. The Bertz CT molecular complexity index is 876. The van der Waals surface area contributed by atoms with Crippen molar-refractivity contribution in [1.29, 1.82) is 0 Å². The van der Waals surface area contributed by atoms with E-state index in [1.807, 2.05) is 50.2 Å². The van der Waals surface area contributed by atoms with Gasteiger partial charge in [-0.1, -0.05) is 32.0 Å². The molecule has 2 aromatic carbocycles. The Kier molecular flexibility index (Phi) is 8.41. The Balaban J connectivity index is 1.82. The number of aryl methyl sites for hydroxylation is 1. The molecule has 0 unspecified atom stereocenters. The van der Waals surface area contributed by atoms with E-state index in [0.717, 1.165) is 11.3 Å². The van der Waals surface area contributed by atoms with Gasteiger partial charge < -0.3 is 20.9 Å². The zero-order valence-electron chi connectivity index (χ0n) is 18.0. The third-order valence-corrected chi connectivity index (χ3v) is 4.47. The number of rotatable bonds is 9. The number of benzene rings is 2. The molecule has 0 aliphatic carbocycles. The van der Waals surface area contributed by atoms with E-state index in [0.29, 0.717) is 24.2 Å². The van der Waals surface area contributed by atoms with Crippen LogP contribution in [-0.4, -0.2) is 43.3 Å². The third-order valence-electron chi connectivity index (χ3n) is 4.47. The first-order valence-corrected chi connectivity index (χ1v) is 9.98. The van der Waals surface area contributed by atoms with E-state index in [1.165, 1.54) is 0 Å². The highest BCUT2D eigenvalue weighted by molar-refractivity contribution is 5.94. The van der Waals surface area contributed by atoms with Gasteiger partial charge in [0.25, 0.3) is 0 Å². The quantitative estimate of drug-likeness (QED) is 0.591. The third kappa shape index (κ3) is 7.58. The fraction of sp³-hybridized carbons (Fsp3) is 0.348. The highest BCUT2D eigenvalue weighted by Crippen LogP contribution is 2.16. The topological polar surface area (TPSA) is 90.5 Å². The molecular weight excluding hydrogens is 380 g/mol. The second-order valence-corrected chi connectivity index (χ2v) is 7.61.